The van der Waals surface area contributed by atoms with Crippen molar-refractivity contribution in [1.82, 2.24) is 20.2 Å². The molecule has 3 heterocycles. The van der Waals surface area contributed by atoms with E-state index in [1.165, 1.54) is 5.56 Å². The van der Waals surface area contributed by atoms with Gasteiger partial charge in [0.05, 0.1) is 5.92 Å². The van der Waals surface area contributed by atoms with Crippen LogP contribution in [0, 0.1) is 12.8 Å². The molecule has 1 unspecified atom stereocenters. The first-order valence-electron chi connectivity index (χ1n) is 10.8. The quantitative estimate of drug-likeness (QED) is 0.846. The van der Waals surface area contributed by atoms with Crippen molar-refractivity contribution < 1.29 is 4.79 Å². The van der Waals surface area contributed by atoms with Crippen LogP contribution in [0.4, 0.5) is 5.95 Å². The third-order valence-electron chi connectivity index (χ3n) is 6.04. The molecule has 1 atom stereocenters. The van der Waals surface area contributed by atoms with Gasteiger partial charge in [-0.05, 0) is 44.2 Å². The molecule has 2 aromatic rings. The number of rotatable bonds is 5. The molecule has 0 spiro atoms. The Morgan fingerprint density at radius 2 is 1.90 bits per heavy atom. The molecule has 6 heteroatoms. The molecule has 0 radical (unpaired) electrons. The molecular formula is C23H31N5O. The van der Waals surface area contributed by atoms with E-state index in [9.17, 15) is 4.79 Å². The normalized spacial score (nSPS) is 21.1. The molecular weight excluding hydrogens is 362 g/mol. The molecule has 154 valence electrons. The van der Waals surface area contributed by atoms with Crippen LogP contribution in [0.1, 0.15) is 36.9 Å². The Kier molecular flexibility index (Phi) is 6.39. The number of aromatic nitrogens is 2. The van der Waals surface area contributed by atoms with Crippen LogP contribution < -0.4 is 10.2 Å². The number of hydrogen-bond donors (Lipinski definition) is 1. The number of piperidine rings is 2. The molecule has 0 bridgehead atoms. The Hall–Kier alpha value is -2.47. The van der Waals surface area contributed by atoms with Crippen LogP contribution in [0.3, 0.4) is 0 Å². The first-order chi connectivity index (χ1) is 14.2. The van der Waals surface area contributed by atoms with Crippen molar-refractivity contribution in [2.45, 2.75) is 45.2 Å². The number of nitrogens with one attached hydrogen (secondary N) is 1. The Morgan fingerprint density at radius 1 is 1.10 bits per heavy atom. The van der Waals surface area contributed by atoms with Crippen molar-refractivity contribution in [1.29, 1.82) is 0 Å². The molecule has 1 aromatic carbocycles. The number of aryl methyl sites for hydroxylation is 1. The number of likely N-dealkylation sites (tertiary alicyclic amines) is 1. The summed E-state index contributed by atoms with van der Waals surface area (Å²) in [6.45, 7) is 6.67. The summed E-state index contributed by atoms with van der Waals surface area (Å²) in [5.41, 5.74) is 2.32. The summed E-state index contributed by atoms with van der Waals surface area (Å²) in [6, 6.07) is 12.8. The zero-order valence-corrected chi connectivity index (χ0v) is 17.3. The van der Waals surface area contributed by atoms with Crippen LogP contribution in [0.2, 0.25) is 0 Å². The largest absolute Gasteiger partial charge is 0.353 e. The fraction of sp³-hybridized carbons (Fsp3) is 0.522. The number of anilines is 1. The summed E-state index contributed by atoms with van der Waals surface area (Å²) in [5.74, 6) is 0.968. The van der Waals surface area contributed by atoms with Gasteiger partial charge < -0.3 is 10.2 Å². The van der Waals surface area contributed by atoms with E-state index in [4.69, 9.17) is 0 Å². The van der Waals surface area contributed by atoms with E-state index >= 15 is 0 Å². The van der Waals surface area contributed by atoms with Crippen molar-refractivity contribution in [3.8, 4) is 0 Å². The van der Waals surface area contributed by atoms with Gasteiger partial charge in [-0.1, -0.05) is 30.3 Å². The molecule has 2 saturated heterocycles. The van der Waals surface area contributed by atoms with Crippen molar-refractivity contribution in [2.24, 2.45) is 5.92 Å². The standard InChI is InChI=1S/C23H31N5O/c1-18-9-12-24-23(25-18)28-13-5-8-20(17-28)22(29)26-21-10-14-27(15-11-21)16-19-6-3-2-4-7-19/h2-4,6-7,9,12,20-21H,5,8,10-11,13-17H2,1H3,(H,26,29). The molecule has 1 amide bonds. The van der Waals surface area contributed by atoms with E-state index in [-0.39, 0.29) is 11.8 Å². The fourth-order valence-electron chi connectivity index (χ4n) is 4.36. The van der Waals surface area contributed by atoms with Crippen LogP contribution in [0.5, 0.6) is 0 Å². The molecule has 4 rings (SSSR count). The van der Waals surface area contributed by atoms with Gasteiger partial charge in [-0.3, -0.25) is 9.69 Å². The maximum atomic E-state index is 12.9. The van der Waals surface area contributed by atoms with Gasteiger partial charge in [0.25, 0.3) is 0 Å². The van der Waals surface area contributed by atoms with Gasteiger partial charge in [-0.15, -0.1) is 0 Å². The minimum Gasteiger partial charge on any atom is -0.353 e. The Bertz CT molecular complexity index is 804. The van der Waals surface area contributed by atoms with Gasteiger partial charge in [-0.25, -0.2) is 9.97 Å². The van der Waals surface area contributed by atoms with Crippen molar-refractivity contribution in [3.05, 3.63) is 53.9 Å². The lowest BCUT2D eigenvalue weighted by atomic mass is 9.96. The predicted octanol–water partition coefficient (Wildman–Crippen LogP) is 2.78. The molecule has 2 aliphatic heterocycles. The van der Waals surface area contributed by atoms with E-state index in [2.05, 4.69) is 55.4 Å². The highest BCUT2D eigenvalue weighted by molar-refractivity contribution is 5.79. The minimum absolute atomic E-state index is 0.0233. The number of benzene rings is 1. The van der Waals surface area contributed by atoms with Crippen molar-refractivity contribution in [3.63, 3.8) is 0 Å². The number of hydrogen-bond acceptors (Lipinski definition) is 5. The van der Waals surface area contributed by atoms with Gasteiger partial charge in [0, 0.05) is 50.7 Å². The van der Waals surface area contributed by atoms with Crippen LogP contribution in [-0.2, 0) is 11.3 Å². The van der Waals surface area contributed by atoms with Crippen LogP contribution in [-0.4, -0.2) is 53.0 Å². The maximum absolute atomic E-state index is 12.9. The molecule has 0 aliphatic carbocycles. The highest BCUT2D eigenvalue weighted by Gasteiger charge is 2.29. The molecule has 2 fully saturated rings. The van der Waals surface area contributed by atoms with Gasteiger partial charge in [-0.2, -0.15) is 0 Å². The predicted molar refractivity (Wildman–Crippen MR) is 115 cm³/mol. The lowest BCUT2D eigenvalue weighted by Gasteiger charge is -2.35. The first-order valence-corrected chi connectivity index (χ1v) is 10.8. The van der Waals surface area contributed by atoms with Crippen LogP contribution in [0.15, 0.2) is 42.6 Å². The Labute approximate surface area is 173 Å². The summed E-state index contributed by atoms with van der Waals surface area (Å²) in [5, 5.41) is 3.32. The highest BCUT2D eigenvalue weighted by Crippen LogP contribution is 2.21. The Balaban J connectivity index is 1.25. The van der Waals surface area contributed by atoms with Crippen LogP contribution in [0.25, 0.3) is 0 Å². The maximum Gasteiger partial charge on any atom is 0.225 e. The van der Waals surface area contributed by atoms with E-state index in [1.807, 2.05) is 13.0 Å². The fourth-order valence-corrected chi connectivity index (χ4v) is 4.36. The van der Waals surface area contributed by atoms with Crippen molar-refractivity contribution >= 4 is 11.9 Å². The SMILES string of the molecule is Cc1ccnc(N2CCCC(C(=O)NC3CCN(Cc4ccccc4)CC3)C2)n1. The molecule has 1 aromatic heterocycles. The van der Waals surface area contributed by atoms with Crippen LogP contribution >= 0.6 is 0 Å². The van der Waals surface area contributed by atoms with Crippen molar-refractivity contribution in [2.75, 3.05) is 31.1 Å². The average Bonchev–Trinajstić information content (AvgIpc) is 2.76. The van der Waals surface area contributed by atoms with E-state index in [0.717, 1.165) is 63.5 Å². The molecule has 0 saturated carbocycles. The third kappa shape index (κ3) is 5.32. The summed E-state index contributed by atoms with van der Waals surface area (Å²) in [6.07, 6.45) is 5.79. The zero-order valence-electron chi connectivity index (χ0n) is 17.3. The molecule has 1 N–H and O–H groups in total. The van der Waals surface area contributed by atoms with Gasteiger partial charge in [0.15, 0.2) is 0 Å². The van der Waals surface area contributed by atoms with E-state index in [0.29, 0.717) is 12.6 Å². The Morgan fingerprint density at radius 3 is 2.66 bits per heavy atom. The number of nitrogens with zero attached hydrogens (tertiary/aromatic N) is 4. The molecule has 29 heavy (non-hydrogen) atoms. The molecule has 2 aliphatic rings. The average molecular weight is 394 g/mol. The first kappa shape index (κ1) is 19.8. The second kappa shape index (κ2) is 9.35. The van der Waals surface area contributed by atoms with Gasteiger partial charge >= 0.3 is 0 Å². The van der Waals surface area contributed by atoms with E-state index in [1.54, 1.807) is 6.20 Å². The summed E-state index contributed by atoms with van der Waals surface area (Å²) >= 11 is 0. The smallest absolute Gasteiger partial charge is 0.225 e. The monoisotopic (exact) mass is 393 g/mol. The second-order valence-corrected chi connectivity index (χ2v) is 8.33. The van der Waals surface area contributed by atoms with Gasteiger partial charge in [0.2, 0.25) is 11.9 Å². The summed E-state index contributed by atoms with van der Waals surface area (Å²) in [4.78, 5) is 26.4. The molecule has 6 nitrogen and oxygen atoms in total. The van der Waals surface area contributed by atoms with E-state index < -0.39 is 0 Å². The second-order valence-electron chi connectivity index (χ2n) is 8.33. The number of carbonyl (C=O) groups excluding carboxylic acids is 1. The highest BCUT2D eigenvalue weighted by atomic mass is 16.2. The lowest BCUT2D eigenvalue weighted by Crippen LogP contribution is -2.49. The summed E-state index contributed by atoms with van der Waals surface area (Å²) in [7, 11) is 0. The van der Waals surface area contributed by atoms with Gasteiger partial charge in [0.1, 0.15) is 0 Å². The lowest BCUT2D eigenvalue weighted by molar-refractivity contribution is -0.126. The number of carbonyl (C=O) groups is 1. The third-order valence-corrected chi connectivity index (χ3v) is 6.04. The summed E-state index contributed by atoms with van der Waals surface area (Å²) < 4.78 is 0. The number of amides is 1. The zero-order chi connectivity index (χ0) is 20.1. The minimum atomic E-state index is 0.0233. The topological polar surface area (TPSA) is 61.4 Å².